The van der Waals surface area contributed by atoms with Crippen LogP contribution in [0.3, 0.4) is 0 Å². The molecule has 4 bridgehead atoms. The SMILES string of the molecule is CC1C2CC3CC(C2)C(c2ncnc(C(Cl)(Cl)Cl)n2)C1C3. The van der Waals surface area contributed by atoms with Crippen molar-refractivity contribution in [1.82, 2.24) is 15.0 Å². The van der Waals surface area contributed by atoms with Gasteiger partial charge in [0.15, 0.2) is 5.82 Å². The average molecular weight is 347 g/mol. The molecular formula is C15H18Cl3N3. The first-order valence-corrected chi connectivity index (χ1v) is 8.83. The Balaban J connectivity index is 1.70. The Morgan fingerprint density at radius 1 is 1.05 bits per heavy atom. The lowest BCUT2D eigenvalue weighted by molar-refractivity contribution is -0.0509. The molecule has 4 aliphatic carbocycles. The number of halogens is 3. The Morgan fingerprint density at radius 2 is 1.81 bits per heavy atom. The standard InChI is InChI=1S/C15H18Cl3N3/c1-7-9-2-8-3-10(5-9)12(11(7)4-8)13-19-6-20-14(21-13)15(16,17)18/h6-12H,2-5H2,1H3. The molecule has 1 aromatic rings. The second kappa shape index (κ2) is 4.94. The summed E-state index contributed by atoms with van der Waals surface area (Å²) in [7, 11) is 0. The number of hydrogen-bond acceptors (Lipinski definition) is 3. The molecule has 0 aromatic carbocycles. The van der Waals surface area contributed by atoms with Gasteiger partial charge < -0.3 is 0 Å². The quantitative estimate of drug-likeness (QED) is 0.704. The molecule has 114 valence electrons. The van der Waals surface area contributed by atoms with Gasteiger partial charge in [-0.2, -0.15) is 0 Å². The van der Waals surface area contributed by atoms with Crippen LogP contribution in [0.5, 0.6) is 0 Å². The highest BCUT2D eigenvalue weighted by Gasteiger charge is 2.53. The minimum absolute atomic E-state index is 0.249. The fraction of sp³-hybridized carbons (Fsp3) is 0.800. The normalized spacial score (nSPS) is 41.5. The second-order valence-corrected chi connectivity index (χ2v) is 9.32. The Kier molecular flexibility index (Phi) is 3.40. The molecule has 0 amide bonds. The summed E-state index contributed by atoms with van der Waals surface area (Å²) < 4.78 is -1.57. The van der Waals surface area contributed by atoms with Gasteiger partial charge in [0.1, 0.15) is 12.2 Å². The molecule has 0 spiro atoms. The lowest BCUT2D eigenvalue weighted by Gasteiger charge is -2.57. The van der Waals surface area contributed by atoms with Gasteiger partial charge >= 0.3 is 0 Å². The third-order valence-electron chi connectivity index (χ3n) is 6.01. The van der Waals surface area contributed by atoms with Gasteiger partial charge in [0.25, 0.3) is 0 Å². The largest absolute Gasteiger partial charge is 0.250 e. The van der Waals surface area contributed by atoms with E-state index in [2.05, 4.69) is 21.9 Å². The molecule has 3 nitrogen and oxygen atoms in total. The zero-order valence-corrected chi connectivity index (χ0v) is 14.1. The monoisotopic (exact) mass is 345 g/mol. The fourth-order valence-corrected chi connectivity index (χ4v) is 5.50. The van der Waals surface area contributed by atoms with Crippen molar-refractivity contribution in [3.63, 3.8) is 0 Å². The number of nitrogens with zero attached hydrogens (tertiary/aromatic N) is 3. The van der Waals surface area contributed by atoms with Crippen LogP contribution < -0.4 is 0 Å². The fourth-order valence-electron chi connectivity index (χ4n) is 5.23. The van der Waals surface area contributed by atoms with Crippen molar-refractivity contribution >= 4 is 34.8 Å². The summed E-state index contributed by atoms with van der Waals surface area (Å²) in [6.45, 7) is 2.40. The highest BCUT2D eigenvalue weighted by molar-refractivity contribution is 6.66. The number of rotatable bonds is 1. The van der Waals surface area contributed by atoms with Crippen molar-refractivity contribution in [2.24, 2.45) is 29.6 Å². The van der Waals surface area contributed by atoms with Crippen molar-refractivity contribution in [2.45, 2.75) is 42.3 Å². The van der Waals surface area contributed by atoms with E-state index in [9.17, 15) is 0 Å². The lowest BCUT2D eigenvalue weighted by Crippen LogP contribution is -2.49. The zero-order valence-electron chi connectivity index (χ0n) is 11.8. The maximum Gasteiger partial charge on any atom is 0.250 e. The molecule has 4 aliphatic rings. The first kappa shape index (κ1) is 14.5. The number of hydrogen-bond donors (Lipinski definition) is 0. The topological polar surface area (TPSA) is 38.7 Å². The molecule has 6 heteroatoms. The summed E-state index contributed by atoms with van der Waals surface area (Å²) in [5.74, 6) is 5.48. The minimum Gasteiger partial charge on any atom is -0.221 e. The highest BCUT2D eigenvalue weighted by atomic mass is 35.6. The molecule has 4 saturated carbocycles. The van der Waals surface area contributed by atoms with Crippen LogP contribution in [0.25, 0.3) is 0 Å². The van der Waals surface area contributed by atoms with Crippen LogP contribution in [0.2, 0.25) is 0 Å². The molecule has 0 N–H and O–H groups in total. The van der Waals surface area contributed by atoms with Crippen molar-refractivity contribution in [3.8, 4) is 0 Å². The van der Waals surface area contributed by atoms with Crippen molar-refractivity contribution < 1.29 is 0 Å². The second-order valence-electron chi connectivity index (χ2n) is 7.04. The molecule has 0 saturated heterocycles. The molecule has 6 atom stereocenters. The first-order valence-electron chi connectivity index (χ1n) is 7.69. The van der Waals surface area contributed by atoms with Crippen LogP contribution in [0.4, 0.5) is 0 Å². The van der Waals surface area contributed by atoms with E-state index in [1.165, 1.54) is 32.0 Å². The molecule has 0 aliphatic heterocycles. The Morgan fingerprint density at radius 3 is 2.57 bits per heavy atom. The predicted molar refractivity (Wildman–Crippen MR) is 83.4 cm³/mol. The van der Waals surface area contributed by atoms with E-state index in [0.29, 0.717) is 17.8 Å². The van der Waals surface area contributed by atoms with E-state index in [4.69, 9.17) is 34.8 Å². The summed E-state index contributed by atoms with van der Waals surface area (Å²) >= 11 is 17.8. The van der Waals surface area contributed by atoms with Crippen LogP contribution in [0.15, 0.2) is 6.33 Å². The summed E-state index contributed by atoms with van der Waals surface area (Å²) in [4.78, 5) is 13.0. The summed E-state index contributed by atoms with van der Waals surface area (Å²) in [6, 6.07) is 0. The van der Waals surface area contributed by atoms with E-state index in [1.54, 1.807) is 0 Å². The Labute approximate surface area is 139 Å². The van der Waals surface area contributed by atoms with Crippen molar-refractivity contribution in [1.29, 1.82) is 0 Å². The molecule has 0 radical (unpaired) electrons. The van der Waals surface area contributed by atoms with Gasteiger partial charge in [-0.1, -0.05) is 41.7 Å². The molecular weight excluding hydrogens is 329 g/mol. The highest BCUT2D eigenvalue weighted by Crippen LogP contribution is 2.61. The maximum atomic E-state index is 5.93. The van der Waals surface area contributed by atoms with Gasteiger partial charge in [0.05, 0.1) is 0 Å². The molecule has 6 unspecified atom stereocenters. The third kappa shape index (κ3) is 2.36. The van der Waals surface area contributed by atoms with Crippen molar-refractivity contribution in [3.05, 3.63) is 18.0 Å². The van der Waals surface area contributed by atoms with Crippen LogP contribution in [-0.2, 0) is 3.79 Å². The van der Waals surface area contributed by atoms with Gasteiger partial charge in [-0.15, -0.1) is 0 Å². The van der Waals surface area contributed by atoms with Crippen LogP contribution in [0, 0.1) is 29.6 Å². The number of alkyl halides is 3. The first-order chi connectivity index (χ1) is 9.93. The van der Waals surface area contributed by atoms with E-state index >= 15 is 0 Å². The van der Waals surface area contributed by atoms with E-state index in [0.717, 1.165) is 23.6 Å². The van der Waals surface area contributed by atoms with Gasteiger partial charge in [0, 0.05) is 5.92 Å². The van der Waals surface area contributed by atoms with Gasteiger partial charge in [-0.05, 0) is 55.3 Å². The predicted octanol–water partition coefficient (Wildman–Crippen LogP) is 4.48. The van der Waals surface area contributed by atoms with Crippen LogP contribution in [-0.4, -0.2) is 15.0 Å². The Bertz CT molecular complexity index is 559. The van der Waals surface area contributed by atoms with E-state index in [1.807, 2.05) is 0 Å². The summed E-state index contributed by atoms with van der Waals surface area (Å²) in [5, 5.41) is 0. The van der Waals surface area contributed by atoms with Crippen molar-refractivity contribution in [2.75, 3.05) is 0 Å². The minimum atomic E-state index is -1.57. The third-order valence-corrected chi connectivity index (χ3v) is 6.52. The zero-order chi connectivity index (χ0) is 14.8. The van der Waals surface area contributed by atoms with Gasteiger partial charge in [-0.3, -0.25) is 0 Å². The molecule has 5 rings (SSSR count). The van der Waals surface area contributed by atoms with E-state index < -0.39 is 3.79 Å². The molecule has 21 heavy (non-hydrogen) atoms. The smallest absolute Gasteiger partial charge is 0.221 e. The van der Waals surface area contributed by atoms with Crippen LogP contribution in [0.1, 0.15) is 50.2 Å². The lowest BCUT2D eigenvalue weighted by atomic mass is 9.48. The van der Waals surface area contributed by atoms with Gasteiger partial charge in [-0.25, -0.2) is 15.0 Å². The Hall–Kier alpha value is -0.120. The molecule has 1 aromatic heterocycles. The van der Waals surface area contributed by atoms with Gasteiger partial charge in [0.2, 0.25) is 3.79 Å². The maximum absolute atomic E-state index is 5.93. The molecule has 1 heterocycles. The molecule has 4 fully saturated rings. The summed E-state index contributed by atoms with van der Waals surface area (Å²) in [5.41, 5.74) is 0. The van der Waals surface area contributed by atoms with Crippen LogP contribution >= 0.6 is 34.8 Å². The summed E-state index contributed by atoms with van der Waals surface area (Å²) in [6.07, 6.45) is 6.87. The van der Waals surface area contributed by atoms with E-state index in [-0.39, 0.29) is 5.82 Å². The average Bonchev–Trinajstić information content (AvgIpc) is 2.43. The number of aromatic nitrogens is 3.